The predicted octanol–water partition coefficient (Wildman–Crippen LogP) is 2.56. The molecular formula is C14H32IN3O2S. The molecule has 0 aromatic heterocycles. The van der Waals surface area contributed by atoms with Crippen LogP contribution in [0.25, 0.3) is 0 Å². The lowest BCUT2D eigenvalue weighted by molar-refractivity contribution is 0.580. The highest BCUT2D eigenvalue weighted by molar-refractivity contribution is 14.0. The minimum Gasteiger partial charge on any atom is -0.357 e. The van der Waals surface area contributed by atoms with Crippen molar-refractivity contribution in [3.05, 3.63) is 0 Å². The van der Waals surface area contributed by atoms with Crippen LogP contribution >= 0.6 is 24.0 Å². The Kier molecular flexibility index (Phi) is 15.0. The van der Waals surface area contributed by atoms with E-state index in [0.717, 1.165) is 25.5 Å². The summed E-state index contributed by atoms with van der Waals surface area (Å²) in [5, 5.41) is 6.45. The molecule has 1 atom stereocenters. The van der Waals surface area contributed by atoms with Gasteiger partial charge in [0, 0.05) is 25.4 Å². The first-order valence-electron chi connectivity index (χ1n) is 7.61. The third-order valence-corrected chi connectivity index (χ3v) is 3.91. The second-order valence-corrected chi connectivity index (χ2v) is 7.55. The van der Waals surface area contributed by atoms with Crippen LogP contribution in [0.1, 0.15) is 52.9 Å². The van der Waals surface area contributed by atoms with E-state index in [1.54, 1.807) is 0 Å². The minimum atomic E-state index is -2.89. The number of aliphatic imine (C=N–C) groups is 1. The molecule has 0 aliphatic carbocycles. The largest absolute Gasteiger partial charge is 0.357 e. The zero-order chi connectivity index (χ0) is 15.4. The molecule has 0 aliphatic heterocycles. The molecule has 0 spiro atoms. The van der Waals surface area contributed by atoms with E-state index in [2.05, 4.69) is 22.5 Å². The summed E-state index contributed by atoms with van der Waals surface area (Å²) in [6, 6.07) is 0.0955. The van der Waals surface area contributed by atoms with Crippen molar-refractivity contribution in [2.45, 2.75) is 58.9 Å². The summed E-state index contributed by atoms with van der Waals surface area (Å²) in [5.41, 5.74) is 0. The fraction of sp³-hybridized carbons (Fsp3) is 0.929. The molecule has 0 aliphatic rings. The highest BCUT2D eigenvalue weighted by Gasteiger charge is 2.09. The lowest BCUT2D eigenvalue weighted by Crippen LogP contribution is -2.42. The summed E-state index contributed by atoms with van der Waals surface area (Å²) in [4.78, 5) is 4.51. The lowest BCUT2D eigenvalue weighted by atomic mass is 10.2. The summed E-state index contributed by atoms with van der Waals surface area (Å²) in [6.07, 6.45) is 6.66. The van der Waals surface area contributed by atoms with Gasteiger partial charge in [0.15, 0.2) is 5.96 Å². The van der Waals surface area contributed by atoms with Crippen LogP contribution in [0.2, 0.25) is 0 Å². The summed E-state index contributed by atoms with van der Waals surface area (Å²) in [5.74, 6) is 0.988. The van der Waals surface area contributed by atoms with Gasteiger partial charge in [-0.05, 0) is 26.7 Å². The first kappa shape index (κ1) is 23.2. The van der Waals surface area contributed by atoms with Gasteiger partial charge in [0.2, 0.25) is 0 Å². The van der Waals surface area contributed by atoms with Crippen LogP contribution in [0.4, 0.5) is 0 Å². The molecule has 0 radical (unpaired) electrons. The van der Waals surface area contributed by atoms with Crippen LogP contribution in [-0.4, -0.2) is 45.5 Å². The van der Waals surface area contributed by atoms with E-state index in [0.29, 0.717) is 6.42 Å². The van der Waals surface area contributed by atoms with E-state index >= 15 is 0 Å². The average Bonchev–Trinajstić information content (AvgIpc) is 2.35. The van der Waals surface area contributed by atoms with Crippen molar-refractivity contribution in [2.75, 3.05) is 25.1 Å². The standard InChI is InChI=1S/C14H31N3O2S.HI/c1-5-7-8-9-11-16-14(15-6-2)17-13(3)10-12-20(4,18)19;/h13H,5-12H2,1-4H3,(H2,15,16,17);1H. The normalized spacial score (nSPS) is 13.4. The number of nitrogens with zero attached hydrogens (tertiary/aromatic N) is 1. The van der Waals surface area contributed by atoms with Crippen molar-refractivity contribution in [1.29, 1.82) is 0 Å². The lowest BCUT2D eigenvalue weighted by Gasteiger charge is -2.17. The quantitative estimate of drug-likeness (QED) is 0.241. The smallest absolute Gasteiger partial charge is 0.191 e. The third kappa shape index (κ3) is 16.2. The maximum absolute atomic E-state index is 11.1. The van der Waals surface area contributed by atoms with E-state index in [-0.39, 0.29) is 35.8 Å². The Morgan fingerprint density at radius 2 is 1.86 bits per heavy atom. The van der Waals surface area contributed by atoms with Crippen LogP contribution < -0.4 is 10.6 Å². The summed E-state index contributed by atoms with van der Waals surface area (Å²) >= 11 is 0. The maximum Gasteiger partial charge on any atom is 0.191 e. The van der Waals surface area contributed by atoms with Crippen molar-refractivity contribution in [2.24, 2.45) is 4.99 Å². The Hall–Kier alpha value is -0.0500. The third-order valence-electron chi connectivity index (χ3n) is 2.93. The molecule has 0 saturated carbocycles. The Labute approximate surface area is 147 Å². The van der Waals surface area contributed by atoms with Crippen molar-refractivity contribution < 1.29 is 8.42 Å². The first-order valence-corrected chi connectivity index (χ1v) is 9.67. The van der Waals surface area contributed by atoms with Crippen LogP contribution in [-0.2, 0) is 9.84 Å². The number of hydrogen-bond acceptors (Lipinski definition) is 3. The molecule has 2 N–H and O–H groups in total. The predicted molar refractivity (Wildman–Crippen MR) is 102 cm³/mol. The molecule has 21 heavy (non-hydrogen) atoms. The summed E-state index contributed by atoms with van der Waals surface area (Å²) in [7, 11) is -2.89. The van der Waals surface area contributed by atoms with Gasteiger partial charge in [-0.15, -0.1) is 24.0 Å². The number of rotatable bonds is 10. The first-order chi connectivity index (χ1) is 9.39. The van der Waals surface area contributed by atoms with E-state index in [9.17, 15) is 8.42 Å². The molecule has 0 fully saturated rings. The summed E-state index contributed by atoms with van der Waals surface area (Å²) < 4.78 is 22.3. The van der Waals surface area contributed by atoms with Crippen LogP contribution in [0.15, 0.2) is 4.99 Å². The molecule has 0 aromatic rings. The van der Waals surface area contributed by atoms with Gasteiger partial charge >= 0.3 is 0 Å². The zero-order valence-electron chi connectivity index (χ0n) is 13.8. The van der Waals surface area contributed by atoms with Gasteiger partial charge < -0.3 is 10.6 Å². The van der Waals surface area contributed by atoms with Crippen molar-refractivity contribution in [3.8, 4) is 0 Å². The molecular weight excluding hydrogens is 401 g/mol. The van der Waals surface area contributed by atoms with Crippen molar-refractivity contribution in [3.63, 3.8) is 0 Å². The van der Waals surface area contributed by atoms with E-state index in [1.807, 2.05) is 13.8 Å². The molecule has 128 valence electrons. The molecule has 0 rings (SSSR count). The summed E-state index contributed by atoms with van der Waals surface area (Å²) in [6.45, 7) is 7.82. The monoisotopic (exact) mass is 433 g/mol. The van der Waals surface area contributed by atoms with Gasteiger partial charge in [-0.1, -0.05) is 26.2 Å². The van der Waals surface area contributed by atoms with Gasteiger partial charge in [0.05, 0.1) is 5.75 Å². The van der Waals surface area contributed by atoms with Gasteiger partial charge in [-0.25, -0.2) is 8.42 Å². The van der Waals surface area contributed by atoms with Crippen LogP contribution in [0.5, 0.6) is 0 Å². The van der Waals surface area contributed by atoms with Crippen molar-refractivity contribution >= 4 is 39.8 Å². The number of sulfone groups is 1. The molecule has 0 aromatic carbocycles. The highest BCUT2D eigenvalue weighted by atomic mass is 127. The van der Waals surface area contributed by atoms with Crippen LogP contribution in [0, 0.1) is 0 Å². The zero-order valence-corrected chi connectivity index (χ0v) is 17.0. The van der Waals surface area contributed by atoms with E-state index in [1.165, 1.54) is 25.5 Å². The van der Waals surface area contributed by atoms with Gasteiger partial charge in [-0.2, -0.15) is 0 Å². The second kappa shape index (κ2) is 13.6. The Morgan fingerprint density at radius 1 is 1.19 bits per heavy atom. The van der Waals surface area contributed by atoms with Crippen molar-refractivity contribution in [1.82, 2.24) is 10.6 Å². The maximum atomic E-state index is 11.1. The molecule has 0 heterocycles. The van der Waals surface area contributed by atoms with Crippen LogP contribution in [0.3, 0.4) is 0 Å². The Balaban J connectivity index is 0. The topological polar surface area (TPSA) is 70.6 Å². The SMILES string of the molecule is CCCCCCN=C(NCC)NC(C)CCS(C)(=O)=O.I. The van der Waals surface area contributed by atoms with E-state index in [4.69, 9.17) is 0 Å². The number of halogens is 1. The molecule has 7 heteroatoms. The molecule has 5 nitrogen and oxygen atoms in total. The highest BCUT2D eigenvalue weighted by Crippen LogP contribution is 1.99. The number of nitrogens with one attached hydrogen (secondary N) is 2. The Morgan fingerprint density at radius 3 is 2.38 bits per heavy atom. The number of guanidine groups is 1. The molecule has 1 unspecified atom stereocenters. The molecule has 0 bridgehead atoms. The molecule has 0 saturated heterocycles. The second-order valence-electron chi connectivity index (χ2n) is 5.29. The average molecular weight is 433 g/mol. The molecule has 0 amide bonds. The minimum absolute atomic E-state index is 0. The number of unbranched alkanes of at least 4 members (excludes halogenated alkanes) is 3. The van der Waals surface area contributed by atoms with Gasteiger partial charge in [0.1, 0.15) is 9.84 Å². The van der Waals surface area contributed by atoms with Gasteiger partial charge in [0.25, 0.3) is 0 Å². The fourth-order valence-corrected chi connectivity index (χ4v) is 2.53. The Bertz CT molecular complexity index is 372. The number of hydrogen-bond donors (Lipinski definition) is 2. The van der Waals surface area contributed by atoms with Gasteiger partial charge in [-0.3, -0.25) is 4.99 Å². The fourth-order valence-electron chi connectivity index (χ4n) is 1.75. The van der Waals surface area contributed by atoms with E-state index < -0.39 is 9.84 Å².